The van der Waals surface area contributed by atoms with Crippen molar-refractivity contribution in [1.29, 1.82) is 0 Å². The van der Waals surface area contributed by atoms with E-state index in [0.29, 0.717) is 12.2 Å². The lowest BCUT2D eigenvalue weighted by Gasteiger charge is -2.11. The van der Waals surface area contributed by atoms with Gasteiger partial charge in [-0.3, -0.25) is 9.78 Å². The molecule has 6 heteroatoms. The van der Waals surface area contributed by atoms with E-state index < -0.39 is 0 Å². The fourth-order valence-corrected chi connectivity index (χ4v) is 3.89. The molecule has 0 bridgehead atoms. The van der Waals surface area contributed by atoms with Crippen LogP contribution in [0, 0.1) is 0 Å². The van der Waals surface area contributed by atoms with Crippen molar-refractivity contribution in [2.75, 3.05) is 19.0 Å². The van der Waals surface area contributed by atoms with Crippen LogP contribution in [0.15, 0.2) is 85.3 Å². The summed E-state index contributed by atoms with van der Waals surface area (Å²) < 4.78 is 7.32. The van der Waals surface area contributed by atoms with Gasteiger partial charge in [0.05, 0.1) is 23.4 Å². The van der Waals surface area contributed by atoms with E-state index in [4.69, 9.17) is 9.72 Å². The zero-order valence-electron chi connectivity index (χ0n) is 17.7. The van der Waals surface area contributed by atoms with Crippen LogP contribution in [0.4, 0.5) is 5.69 Å². The normalized spacial score (nSPS) is 11.2. The van der Waals surface area contributed by atoms with E-state index >= 15 is 0 Å². The van der Waals surface area contributed by atoms with Crippen molar-refractivity contribution in [3.8, 4) is 11.3 Å². The molecule has 0 aliphatic carbocycles. The lowest BCUT2D eigenvalue weighted by Crippen LogP contribution is -2.13. The first kappa shape index (κ1) is 19.9. The first-order valence-corrected chi connectivity index (χ1v) is 10.4. The third-order valence-electron chi connectivity index (χ3n) is 5.50. The molecule has 0 unspecified atom stereocenters. The molecule has 0 spiro atoms. The standard InChI is InChI=1S/C26H22N4O2/c1-32-15-14-30-13-10-19-16-20(6-7-25(19)30)28-26(31)22-17-24(18-8-11-27-12-9-18)29-23-5-3-2-4-21(22)23/h2-13,16-17H,14-15H2,1H3,(H,28,31). The number of methoxy groups -OCH3 is 1. The number of fused-ring (bicyclic) bond motifs is 2. The molecule has 158 valence electrons. The van der Waals surface area contributed by atoms with Crippen molar-refractivity contribution in [3.05, 3.63) is 90.9 Å². The van der Waals surface area contributed by atoms with Crippen LogP contribution in [0.5, 0.6) is 0 Å². The summed E-state index contributed by atoms with van der Waals surface area (Å²) in [5.74, 6) is -0.169. The van der Waals surface area contributed by atoms with Crippen LogP contribution in [0.1, 0.15) is 10.4 Å². The summed E-state index contributed by atoms with van der Waals surface area (Å²) in [6.07, 6.45) is 5.48. The minimum atomic E-state index is -0.169. The van der Waals surface area contributed by atoms with Crippen molar-refractivity contribution in [2.24, 2.45) is 0 Å². The number of anilines is 1. The van der Waals surface area contributed by atoms with Gasteiger partial charge >= 0.3 is 0 Å². The number of hydrogen-bond acceptors (Lipinski definition) is 4. The number of carbonyl (C=O) groups excluding carboxylic acids is 1. The number of carbonyl (C=O) groups is 1. The lowest BCUT2D eigenvalue weighted by atomic mass is 10.0. The maximum absolute atomic E-state index is 13.3. The van der Waals surface area contributed by atoms with E-state index in [1.54, 1.807) is 19.5 Å². The van der Waals surface area contributed by atoms with Crippen LogP contribution in [0.25, 0.3) is 33.1 Å². The minimum Gasteiger partial charge on any atom is -0.383 e. The molecule has 0 radical (unpaired) electrons. The smallest absolute Gasteiger partial charge is 0.256 e. The summed E-state index contributed by atoms with van der Waals surface area (Å²) >= 11 is 0. The quantitative estimate of drug-likeness (QED) is 0.411. The Morgan fingerprint density at radius 3 is 2.72 bits per heavy atom. The largest absolute Gasteiger partial charge is 0.383 e. The molecule has 5 rings (SSSR count). The van der Waals surface area contributed by atoms with Gasteiger partial charge in [0.1, 0.15) is 0 Å². The highest BCUT2D eigenvalue weighted by molar-refractivity contribution is 6.13. The highest BCUT2D eigenvalue weighted by Gasteiger charge is 2.15. The van der Waals surface area contributed by atoms with Crippen molar-refractivity contribution in [2.45, 2.75) is 6.54 Å². The highest BCUT2D eigenvalue weighted by Crippen LogP contribution is 2.26. The Kier molecular flexibility index (Phi) is 5.35. The lowest BCUT2D eigenvalue weighted by molar-refractivity contribution is 0.102. The molecule has 0 saturated carbocycles. The second-order valence-electron chi connectivity index (χ2n) is 7.54. The predicted octanol–water partition coefficient (Wildman–Crippen LogP) is 5.15. The molecule has 3 aromatic heterocycles. The molecule has 1 N–H and O–H groups in total. The van der Waals surface area contributed by atoms with Gasteiger partial charge in [0.15, 0.2) is 0 Å². The monoisotopic (exact) mass is 422 g/mol. The Morgan fingerprint density at radius 2 is 1.88 bits per heavy atom. The number of pyridine rings is 2. The second kappa shape index (κ2) is 8.61. The fourth-order valence-electron chi connectivity index (χ4n) is 3.89. The molecule has 0 atom stereocenters. The van der Waals surface area contributed by atoms with Crippen molar-refractivity contribution >= 4 is 33.4 Å². The van der Waals surface area contributed by atoms with E-state index in [0.717, 1.165) is 45.3 Å². The number of ether oxygens (including phenoxy) is 1. The van der Waals surface area contributed by atoms with Crippen LogP contribution in [0.3, 0.4) is 0 Å². The molecular formula is C26H22N4O2. The molecule has 6 nitrogen and oxygen atoms in total. The zero-order chi connectivity index (χ0) is 21.9. The molecule has 0 saturated heterocycles. The zero-order valence-corrected chi connectivity index (χ0v) is 17.7. The van der Waals surface area contributed by atoms with E-state index in [9.17, 15) is 4.79 Å². The van der Waals surface area contributed by atoms with Gasteiger partial charge in [-0.2, -0.15) is 0 Å². The number of benzene rings is 2. The van der Waals surface area contributed by atoms with Gasteiger partial charge in [0, 0.05) is 59.8 Å². The number of hydrogen-bond donors (Lipinski definition) is 1. The summed E-state index contributed by atoms with van der Waals surface area (Å²) in [6, 6.07) is 21.3. The summed E-state index contributed by atoms with van der Waals surface area (Å²) in [5.41, 5.74) is 4.87. The second-order valence-corrected chi connectivity index (χ2v) is 7.54. The van der Waals surface area contributed by atoms with Crippen LogP contribution in [-0.2, 0) is 11.3 Å². The highest BCUT2D eigenvalue weighted by atomic mass is 16.5. The maximum atomic E-state index is 13.3. The maximum Gasteiger partial charge on any atom is 0.256 e. The number of nitrogens with zero attached hydrogens (tertiary/aromatic N) is 3. The third kappa shape index (κ3) is 3.84. The van der Waals surface area contributed by atoms with Gasteiger partial charge in [-0.1, -0.05) is 18.2 Å². The summed E-state index contributed by atoms with van der Waals surface area (Å²) in [5, 5.41) is 4.94. The van der Waals surface area contributed by atoms with Gasteiger partial charge in [0.25, 0.3) is 5.91 Å². The van der Waals surface area contributed by atoms with Crippen LogP contribution >= 0.6 is 0 Å². The fraction of sp³-hybridized carbons (Fsp3) is 0.115. The first-order valence-electron chi connectivity index (χ1n) is 10.4. The molecular weight excluding hydrogens is 400 g/mol. The number of amides is 1. The van der Waals surface area contributed by atoms with Gasteiger partial charge < -0.3 is 14.6 Å². The van der Waals surface area contributed by atoms with Gasteiger partial charge in [-0.25, -0.2) is 4.98 Å². The van der Waals surface area contributed by atoms with E-state index in [1.165, 1.54) is 0 Å². The summed E-state index contributed by atoms with van der Waals surface area (Å²) in [4.78, 5) is 22.1. The Bertz CT molecular complexity index is 1410. The van der Waals surface area contributed by atoms with Gasteiger partial charge in [-0.15, -0.1) is 0 Å². The number of nitrogens with one attached hydrogen (secondary N) is 1. The van der Waals surface area contributed by atoms with Crippen molar-refractivity contribution < 1.29 is 9.53 Å². The molecule has 5 aromatic rings. The number of para-hydroxylation sites is 1. The summed E-state index contributed by atoms with van der Waals surface area (Å²) in [6.45, 7) is 1.43. The first-order chi connectivity index (χ1) is 15.7. The topological polar surface area (TPSA) is 69.0 Å². The molecule has 2 aromatic carbocycles. The van der Waals surface area contributed by atoms with E-state index in [2.05, 4.69) is 14.9 Å². The Labute approximate surface area is 185 Å². The summed E-state index contributed by atoms with van der Waals surface area (Å²) in [7, 11) is 1.70. The molecule has 0 aliphatic rings. The predicted molar refractivity (Wildman–Crippen MR) is 127 cm³/mol. The van der Waals surface area contributed by atoms with Crippen LogP contribution in [-0.4, -0.2) is 34.2 Å². The van der Waals surface area contributed by atoms with Gasteiger partial charge in [0.2, 0.25) is 0 Å². The molecule has 0 fully saturated rings. The molecule has 0 aliphatic heterocycles. The SMILES string of the molecule is COCCn1ccc2cc(NC(=O)c3cc(-c4ccncc4)nc4ccccc34)ccc21. The minimum absolute atomic E-state index is 0.169. The number of aromatic nitrogens is 3. The Balaban J connectivity index is 1.49. The van der Waals surface area contributed by atoms with Crippen molar-refractivity contribution in [3.63, 3.8) is 0 Å². The number of rotatable bonds is 6. The third-order valence-corrected chi connectivity index (χ3v) is 5.50. The van der Waals surface area contributed by atoms with E-state index in [-0.39, 0.29) is 5.91 Å². The molecule has 1 amide bonds. The average molecular weight is 422 g/mol. The van der Waals surface area contributed by atoms with E-state index in [1.807, 2.05) is 72.9 Å². The van der Waals surface area contributed by atoms with Crippen LogP contribution in [0.2, 0.25) is 0 Å². The Morgan fingerprint density at radius 1 is 1.03 bits per heavy atom. The average Bonchev–Trinajstić information content (AvgIpc) is 3.24. The van der Waals surface area contributed by atoms with Gasteiger partial charge in [-0.05, 0) is 48.5 Å². The molecule has 3 heterocycles. The Hall–Kier alpha value is -4.03. The van der Waals surface area contributed by atoms with Crippen LogP contribution < -0.4 is 5.32 Å². The van der Waals surface area contributed by atoms with Crippen molar-refractivity contribution in [1.82, 2.24) is 14.5 Å². The molecule has 32 heavy (non-hydrogen) atoms.